The second-order valence-electron chi connectivity index (χ2n) is 8.24. The summed E-state index contributed by atoms with van der Waals surface area (Å²) in [5, 5.41) is 2.77. The van der Waals surface area contributed by atoms with Gasteiger partial charge in [0, 0.05) is 51.4 Å². The first-order valence-electron chi connectivity index (χ1n) is 11.2. The normalized spacial score (nSPS) is 20.1. The van der Waals surface area contributed by atoms with Gasteiger partial charge >= 0.3 is 0 Å². The minimum absolute atomic E-state index is 0.0159. The van der Waals surface area contributed by atoms with Crippen molar-refractivity contribution >= 4 is 11.6 Å². The molecule has 2 aliphatic rings. The average molecular weight is 424 g/mol. The molecule has 1 amide bonds. The van der Waals surface area contributed by atoms with Crippen molar-refractivity contribution < 1.29 is 14.3 Å². The van der Waals surface area contributed by atoms with Crippen LogP contribution in [0, 0.1) is 0 Å². The van der Waals surface area contributed by atoms with E-state index in [1.165, 1.54) is 16.8 Å². The molecule has 6 heteroatoms. The quantitative estimate of drug-likeness (QED) is 0.742. The summed E-state index contributed by atoms with van der Waals surface area (Å²) >= 11 is 0. The Kier molecular flexibility index (Phi) is 7.10. The van der Waals surface area contributed by atoms with Crippen molar-refractivity contribution in [2.45, 2.75) is 31.4 Å². The van der Waals surface area contributed by atoms with E-state index in [0.717, 1.165) is 51.4 Å². The van der Waals surface area contributed by atoms with E-state index in [1.807, 2.05) is 12.1 Å². The van der Waals surface area contributed by atoms with E-state index in [4.69, 9.17) is 9.47 Å². The van der Waals surface area contributed by atoms with Crippen LogP contribution in [0.25, 0.3) is 0 Å². The largest absolute Gasteiger partial charge is 0.497 e. The lowest BCUT2D eigenvalue weighted by Crippen LogP contribution is -2.53. The van der Waals surface area contributed by atoms with Gasteiger partial charge in [-0.2, -0.15) is 0 Å². The summed E-state index contributed by atoms with van der Waals surface area (Å²) in [5.41, 5.74) is 3.88. The Balaban J connectivity index is 1.48. The molecule has 0 bridgehead atoms. The molecule has 2 aromatic rings. The van der Waals surface area contributed by atoms with Crippen LogP contribution in [0.4, 0.5) is 5.69 Å². The van der Waals surface area contributed by atoms with Crippen LogP contribution < -0.4 is 15.0 Å². The molecule has 4 rings (SSSR count). The minimum atomic E-state index is 0.0159. The number of methoxy groups -OCH3 is 1. The molecule has 1 N–H and O–H groups in total. The van der Waals surface area contributed by atoms with Crippen molar-refractivity contribution in [2.24, 2.45) is 0 Å². The van der Waals surface area contributed by atoms with E-state index >= 15 is 0 Å². The first-order valence-corrected chi connectivity index (χ1v) is 11.2. The summed E-state index contributed by atoms with van der Waals surface area (Å²) in [7, 11) is 3.40. The van der Waals surface area contributed by atoms with E-state index < -0.39 is 0 Å². The van der Waals surface area contributed by atoms with Gasteiger partial charge in [0.25, 0.3) is 0 Å². The molecule has 0 aromatic heterocycles. The van der Waals surface area contributed by atoms with Gasteiger partial charge in [-0.05, 0) is 48.2 Å². The zero-order valence-corrected chi connectivity index (χ0v) is 18.5. The molecule has 2 heterocycles. The Hall–Kier alpha value is -2.57. The molecule has 6 nitrogen and oxygen atoms in total. The molecule has 0 aliphatic carbocycles. The van der Waals surface area contributed by atoms with E-state index in [0.29, 0.717) is 6.42 Å². The number of benzene rings is 2. The maximum Gasteiger partial charge on any atom is 0.219 e. The first-order chi connectivity index (χ1) is 15.2. The highest BCUT2D eigenvalue weighted by Crippen LogP contribution is 2.34. The summed E-state index contributed by atoms with van der Waals surface area (Å²) in [6.45, 7) is 4.55. The molecule has 166 valence electrons. The Morgan fingerprint density at radius 1 is 1.13 bits per heavy atom. The number of fused-ring (bicyclic) bond motifs is 1. The molecule has 2 atom stereocenters. The smallest absolute Gasteiger partial charge is 0.219 e. The zero-order valence-electron chi connectivity index (χ0n) is 18.5. The summed E-state index contributed by atoms with van der Waals surface area (Å²) in [6, 6.07) is 17.1. The second kappa shape index (κ2) is 10.2. The Bertz CT molecular complexity index is 863. The van der Waals surface area contributed by atoms with E-state index in [9.17, 15) is 4.79 Å². The number of carbonyl (C=O) groups excluding carboxylic acids is 1. The molecular weight excluding hydrogens is 390 g/mol. The maximum absolute atomic E-state index is 12.0. The van der Waals surface area contributed by atoms with Gasteiger partial charge in [-0.25, -0.2) is 0 Å². The summed E-state index contributed by atoms with van der Waals surface area (Å²) in [4.78, 5) is 17.0. The van der Waals surface area contributed by atoms with Crippen LogP contribution in [0.1, 0.15) is 30.1 Å². The van der Waals surface area contributed by atoms with Crippen molar-refractivity contribution in [3.8, 4) is 5.75 Å². The fourth-order valence-electron chi connectivity index (χ4n) is 4.78. The third kappa shape index (κ3) is 5.02. The molecule has 1 saturated heterocycles. The number of rotatable bonds is 7. The lowest BCUT2D eigenvalue weighted by molar-refractivity contribution is -0.121. The minimum Gasteiger partial charge on any atom is -0.497 e. The standard InChI is InChI=1S/C25H33N3O3/c1-26-24(29)12-11-23(25-22-6-4-3-5-19(22)13-18-31-25)28-16-14-27(15-17-28)20-7-9-21(30-2)10-8-20/h3-10,23,25H,11-18H2,1-2H3,(H,26,29). The molecule has 0 radical (unpaired) electrons. The topological polar surface area (TPSA) is 54.0 Å². The number of nitrogens with one attached hydrogen (secondary N) is 1. The number of hydrogen-bond donors (Lipinski definition) is 1. The van der Waals surface area contributed by atoms with Crippen LogP contribution in [-0.2, 0) is 16.0 Å². The van der Waals surface area contributed by atoms with Crippen LogP contribution in [0.3, 0.4) is 0 Å². The van der Waals surface area contributed by atoms with Gasteiger partial charge in [-0.1, -0.05) is 24.3 Å². The summed E-state index contributed by atoms with van der Waals surface area (Å²) in [5.74, 6) is 0.968. The molecule has 1 fully saturated rings. The van der Waals surface area contributed by atoms with Gasteiger partial charge in [0.1, 0.15) is 5.75 Å². The first kappa shape index (κ1) is 21.7. The monoisotopic (exact) mass is 423 g/mol. The number of amides is 1. The van der Waals surface area contributed by atoms with Gasteiger partial charge in [0.15, 0.2) is 0 Å². The predicted octanol–water partition coefficient (Wildman–Crippen LogP) is 3.03. The fraction of sp³-hybridized carbons (Fsp3) is 0.480. The zero-order chi connectivity index (χ0) is 21.6. The Morgan fingerprint density at radius 3 is 2.58 bits per heavy atom. The third-order valence-electron chi connectivity index (χ3n) is 6.55. The van der Waals surface area contributed by atoms with Crippen LogP contribution in [0.2, 0.25) is 0 Å². The molecule has 0 spiro atoms. The molecule has 2 unspecified atom stereocenters. The van der Waals surface area contributed by atoms with Crippen molar-refractivity contribution in [3.63, 3.8) is 0 Å². The molecule has 2 aliphatic heterocycles. The van der Waals surface area contributed by atoms with Crippen LogP contribution in [-0.4, -0.2) is 63.8 Å². The molecule has 2 aromatic carbocycles. The number of anilines is 1. The van der Waals surface area contributed by atoms with Gasteiger partial charge in [-0.15, -0.1) is 0 Å². The van der Waals surface area contributed by atoms with Crippen LogP contribution >= 0.6 is 0 Å². The average Bonchev–Trinajstić information content (AvgIpc) is 2.84. The number of hydrogen-bond acceptors (Lipinski definition) is 5. The van der Waals surface area contributed by atoms with E-state index in [1.54, 1.807) is 14.2 Å². The SMILES string of the molecule is CNC(=O)CCC(C1OCCc2ccccc21)N1CCN(c2ccc(OC)cc2)CC1. The number of piperazine rings is 1. The number of ether oxygens (including phenoxy) is 2. The lowest BCUT2D eigenvalue weighted by Gasteiger charge is -2.44. The van der Waals surface area contributed by atoms with Crippen molar-refractivity contribution in [2.75, 3.05) is 51.8 Å². The summed E-state index contributed by atoms with van der Waals surface area (Å²) in [6.07, 6.45) is 2.28. The summed E-state index contributed by atoms with van der Waals surface area (Å²) < 4.78 is 11.6. The maximum atomic E-state index is 12.0. The Labute approximate surface area is 185 Å². The predicted molar refractivity (Wildman–Crippen MR) is 123 cm³/mol. The van der Waals surface area contributed by atoms with Crippen LogP contribution in [0.5, 0.6) is 5.75 Å². The van der Waals surface area contributed by atoms with Crippen molar-refractivity contribution in [3.05, 3.63) is 59.7 Å². The molecule has 0 saturated carbocycles. The highest BCUT2D eigenvalue weighted by Gasteiger charge is 2.34. The third-order valence-corrected chi connectivity index (χ3v) is 6.55. The Morgan fingerprint density at radius 2 is 1.87 bits per heavy atom. The second-order valence-corrected chi connectivity index (χ2v) is 8.24. The lowest BCUT2D eigenvalue weighted by atomic mass is 9.90. The van der Waals surface area contributed by atoms with E-state index in [-0.39, 0.29) is 18.1 Å². The molecule has 31 heavy (non-hydrogen) atoms. The highest BCUT2D eigenvalue weighted by atomic mass is 16.5. The van der Waals surface area contributed by atoms with Crippen LogP contribution in [0.15, 0.2) is 48.5 Å². The van der Waals surface area contributed by atoms with Gasteiger partial charge in [-0.3, -0.25) is 9.69 Å². The number of nitrogens with zero attached hydrogens (tertiary/aromatic N) is 2. The van der Waals surface area contributed by atoms with E-state index in [2.05, 4.69) is 51.5 Å². The van der Waals surface area contributed by atoms with Gasteiger partial charge < -0.3 is 19.7 Å². The molecular formula is C25H33N3O3. The number of carbonyl (C=O) groups is 1. The van der Waals surface area contributed by atoms with Crippen molar-refractivity contribution in [1.29, 1.82) is 0 Å². The fourth-order valence-corrected chi connectivity index (χ4v) is 4.78. The highest BCUT2D eigenvalue weighted by molar-refractivity contribution is 5.75. The van der Waals surface area contributed by atoms with Gasteiger partial charge in [0.2, 0.25) is 5.91 Å². The van der Waals surface area contributed by atoms with Crippen molar-refractivity contribution in [1.82, 2.24) is 10.2 Å². The van der Waals surface area contributed by atoms with Gasteiger partial charge in [0.05, 0.1) is 19.8 Å².